The van der Waals surface area contributed by atoms with Crippen molar-refractivity contribution < 1.29 is 18.8 Å². The van der Waals surface area contributed by atoms with E-state index in [9.17, 15) is 4.79 Å². The summed E-state index contributed by atoms with van der Waals surface area (Å²) in [5, 5.41) is 9.76. The minimum atomic E-state index is -0.370. The average molecular weight is 359 g/mol. The summed E-state index contributed by atoms with van der Waals surface area (Å²) in [6.07, 6.45) is 2.99. The van der Waals surface area contributed by atoms with Gasteiger partial charge in [-0.05, 0) is 50.5 Å². The number of carbonyl (C=O) groups excluding carboxylic acids is 1. The molecule has 0 bridgehead atoms. The van der Waals surface area contributed by atoms with E-state index in [-0.39, 0.29) is 18.1 Å². The highest BCUT2D eigenvalue weighted by Crippen LogP contribution is 2.19. The maximum absolute atomic E-state index is 12.4. The predicted octanol–water partition coefficient (Wildman–Crippen LogP) is 3.37. The van der Waals surface area contributed by atoms with Gasteiger partial charge in [0, 0.05) is 18.4 Å². The van der Waals surface area contributed by atoms with E-state index in [0.29, 0.717) is 24.6 Å². The number of ether oxygens (including phenoxy) is 2. The van der Waals surface area contributed by atoms with Crippen LogP contribution in [0.15, 0.2) is 34.9 Å². The van der Waals surface area contributed by atoms with E-state index < -0.39 is 0 Å². The van der Waals surface area contributed by atoms with Crippen molar-refractivity contribution in [3.63, 3.8) is 0 Å². The molecule has 1 aliphatic rings. The summed E-state index contributed by atoms with van der Waals surface area (Å²) in [4.78, 5) is 12.4. The lowest BCUT2D eigenvalue weighted by Gasteiger charge is -2.17. The second kappa shape index (κ2) is 8.71. The number of carbonyl (C=O) groups is 1. The minimum Gasteiger partial charge on any atom is -0.491 e. The van der Waals surface area contributed by atoms with Gasteiger partial charge in [-0.1, -0.05) is 12.1 Å². The zero-order valence-corrected chi connectivity index (χ0v) is 15.2. The van der Waals surface area contributed by atoms with Crippen molar-refractivity contribution in [1.29, 1.82) is 0 Å². The molecule has 0 aliphatic carbocycles. The number of aromatic nitrogens is 1. The van der Waals surface area contributed by atoms with E-state index in [1.54, 1.807) is 13.0 Å². The summed E-state index contributed by atoms with van der Waals surface area (Å²) in [6.45, 7) is 5.13. The number of hydrogen-bond donors (Lipinski definition) is 2. The summed E-state index contributed by atoms with van der Waals surface area (Å²) < 4.78 is 16.3. The number of rotatable bonds is 8. The van der Waals surface area contributed by atoms with Gasteiger partial charge in [0.2, 0.25) is 5.91 Å². The lowest BCUT2D eigenvalue weighted by molar-refractivity contribution is -0.117. The van der Waals surface area contributed by atoms with Gasteiger partial charge in [0.15, 0.2) is 5.82 Å². The van der Waals surface area contributed by atoms with Crippen molar-refractivity contribution >= 4 is 17.4 Å². The van der Waals surface area contributed by atoms with Gasteiger partial charge in [0.05, 0.1) is 6.10 Å². The Morgan fingerprint density at radius 3 is 2.81 bits per heavy atom. The van der Waals surface area contributed by atoms with Crippen LogP contribution in [0.1, 0.15) is 31.9 Å². The number of anilines is 2. The van der Waals surface area contributed by atoms with Crippen LogP contribution in [0.2, 0.25) is 0 Å². The van der Waals surface area contributed by atoms with E-state index in [1.165, 1.54) is 0 Å². The topological polar surface area (TPSA) is 85.6 Å². The molecule has 1 saturated heterocycles. The highest BCUT2D eigenvalue weighted by atomic mass is 16.5. The quantitative estimate of drug-likeness (QED) is 0.752. The van der Waals surface area contributed by atoms with E-state index in [4.69, 9.17) is 14.0 Å². The molecule has 1 fully saturated rings. The Balaban J connectivity index is 1.51. The summed E-state index contributed by atoms with van der Waals surface area (Å²) in [5.74, 6) is 1.71. The zero-order valence-electron chi connectivity index (χ0n) is 15.2. The largest absolute Gasteiger partial charge is 0.491 e. The smallest absolute Gasteiger partial charge is 0.248 e. The Bertz CT molecular complexity index is 708. The van der Waals surface area contributed by atoms with Crippen LogP contribution in [-0.2, 0) is 9.53 Å². The van der Waals surface area contributed by atoms with E-state index >= 15 is 0 Å². The molecule has 0 unspecified atom stereocenters. The third-order valence-electron chi connectivity index (χ3n) is 4.26. The maximum Gasteiger partial charge on any atom is 0.248 e. The van der Waals surface area contributed by atoms with E-state index in [0.717, 1.165) is 30.9 Å². The van der Waals surface area contributed by atoms with Gasteiger partial charge in [-0.25, -0.2) is 0 Å². The molecule has 1 amide bonds. The Morgan fingerprint density at radius 2 is 2.19 bits per heavy atom. The van der Waals surface area contributed by atoms with Gasteiger partial charge in [-0.2, -0.15) is 0 Å². The molecule has 0 spiro atoms. The third kappa shape index (κ3) is 4.98. The monoisotopic (exact) mass is 359 g/mol. The highest BCUT2D eigenvalue weighted by molar-refractivity contribution is 5.95. The fraction of sp³-hybridized carbons (Fsp3) is 0.474. The Hall–Kier alpha value is -2.54. The molecule has 26 heavy (non-hydrogen) atoms. The van der Waals surface area contributed by atoms with Gasteiger partial charge < -0.3 is 24.6 Å². The Morgan fingerprint density at radius 1 is 1.38 bits per heavy atom. The first-order valence-electron chi connectivity index (χ1n) is 8.99. The lowest BCUT2D eigenvalue weighted by Crippen LogP contribution is -2.34. The molecule has 0 radical (unpaired) electrons. The van der Waals surface area contributed by atoms with Crippen LogP contribution in [0, 0.1) is 6.92 Å². The molecule has 2 N–H and O–H groups in total. The number of nitrogens with one attached hydrogen (secondary N) is 2. The summed E-state index contributed by atoms with van der Waals surface area (Å²) in [6, 6.07) is 8.91. The van der Waals surface area contributed by atoms with Crippen LogP contribution in [-0.4, -0.2) is 36.4 Å². The fourth-order valence-electron chi connectivity index (χ4n) is 2.81. The van der Waals surface area contributed by atoms with Crippen LogP contribution in [0.25, 0.3) is 0 Å². The second-order valence-electron chi connectivity index (χ2n) is 6.39. The van der Waals surface area contributed by atoms with Crippen molar-refractivity contribution in [2.24, 2.45) is 0 Å². The predicted molar refractivity (Wildman–Crippen MR) is 98.5 cm³/mol. The maximum atomic E-state index is 12.4. The molecule has 7 nitrogen and oxygen atoms in total. The minimum absolute atomic E-state index is 0.153. The Kier molecular flexibility index (Phi) is 6.12. The first-order chi connectivity index (χ1) is 12.6. The van der Waals surface area contributed by atoms with Crippen molar-refractivity contribution in [2.45, 2.75) is 45.3 Å². The van der Waals surface area contributed by atoms with Crippen molar-refractivity contribution in [1.82, 2.24) is 5.16 Å². The Labute approximate surface area is 153 Å². The first kappa shape index (κ1) is 18.3. The van der Waals surface area contributed by atoms with Crippen LogP contribution in [0.5, 0.6) is 5.75 Å². The van der Waals surface area contributed by atoms with Gasteiger partial charge >= 0.3 is 0 Å². The van der Waals surface area contributed by atoms with Gasteiger partial charge in [-0.3, -0.25) is 4.79 Å². The lowest BCUT2D eigenvalue weighted by atomic mass is 10.2. The van der Waals surface area contributed by atoms with Crippen molar-refractivity contribution in [2.75, 3.05) is 23.8 Å². The van der Waals surface area contributed by atoms with Crippen molar-refractivity contribution in [3.8, 4) is 5.75 Å². The van der Waals surface area contributed by atoms with Crippen LogP contribution in [0.4, 0.5) is 11.5 Å². The fourth-order valence-corrected chi connectivity index (χ4v) is 2.81. The summed E-state index contributed by atoms with van der Waals surface area (Å²) in [5.41, 5.74) is 0.854. The second-order valence-corrected chi connectivity index (χ2v) is 6.39. The molecule has 1 aliphatic heterocycles. The van der Waals surface area contributed by atoms with E-state index in [1.807, 2.05) is 31.2 Å². The number of amides is 1. The molecule has 2 heterocycles. The van der Waals surface area contributed by atoms with Gasteiger partial charge in [0.25, 0.3) is 0 Å². The summed E-state index contributed by atoms with van der Waals surface area (Å²) >= 11 is 0. The van der Waals surface area contributed by atoms with Crippen LogP contribution >= 0.6 is 0 Å². The van der Waals surface area contributed by atoms with Gasteiger partial charge in [-0.15, -0.1) is 0 Å². The first-order valence-corrected chi connectivity index (χ1v) is 8.99. The van der Waals surface area contributed by atoms with E-state index in [2.05, 4.69) is 15.8 Å². The average Bonchev–Trinajstić information content (AvgIpc) is 3.30. The van der Waals surface area contributed by atoms with Gasteiger partial charge in [0.1, 0.15) is 24.2 Å². The molecule has 2 atom stereocenters. The van der Waals surface area contributed by atoms with Crippen LogP contribution in [0.3, 0.4) is 0 Å². The number of hydrogen-bond acceptors (Lipinski definition) is 6. The molecule has 1 aromatic heterocycles. The molecule has 1 aromatic carbocycles. The van der Waals surface area contributed by atoms with Crippen LogP contribution < -0.4 is 15.4 Å². The molecular formula is C19H25N3O4. The zero-order chi connectivity index (χ0) is 18.4. The molecule has 2 aromatic rings. The number of nitrogens with zero attached hydrogens (tertiary/aromatic N) is 1. The SMILES string of the molecule is CC[C@@H](Nc1ccc(OC[C@H]2CCCO2)cc1)C(=O)Nc1cc(C)on1. The third-order valence-corrected chi connectivity index (χ3v) is 4.26. The number of aryl methyl sites for hydroxylation is 1. The highest BCUT2D eigenvalue weighted by Gasteiger charge is 2.18. The summed E-state index contributed by atoms with van der Waals surface area (Å²) in [7, 11) is 0. The standard InChI is InChI=1S/C19H25N3O4/c1-3-17(19(23)21-18-11-13(2)26-22-18)20-14-6-8-15(9-7-14)25-12-16-5-4-10-24-16/h6-9,11,16-17,20H,3-5,10,12H2,1-2H3,(H,21,22,23)/t16-,17-/m1/s1. The number of benzene rings is 1. The van der Waals surface area contributed by atoms with Crippen molar-refractivity contribution in [3.05, 3.63) is 36.1 Å². The molecule has 0 saturated carbocycles. The molecule has 140 valence electrons. The normalized spacial score (nSPS) is 17.7. The molecule has 3 rings (SSSR count). The molecule has 7 heteroatoms. The molecular weight excluding hydrogens is 334 g/mol.